The van der Waals surface area contributed by atoms with Crippen molar-refractivity contribution < 1.29 is 8.42 Å². The van der Waals surface area contributed by atoms with Crippen LogP contribution in [0.2, 0.25) is 0 Å². The van der Waals surface area contributed by atoms with Crippen molar-refractivity contribution in [2.24, 2.45) is 0 Å². The van der Waals surface area contributed by atoms with Crippen molar-refractivity contribution in [1.29, 1.82) is 0 Å². The molecular formula is C14H24N2O2S. The van der Waals surface area contributed by atoms with Gasteiger partial charge in [-0.05, 0) is 50.6 Å². The fraction of sp³-hybridized carbons (Fsp3) is 0.571. The maximum Gasteiger partial charge on any atom is 0.242 e. The summed E-state index contributed by atoms with van der Waals surface area (Å²) in [5, 5.41) is 3.10. The molecule has 1 rings (SSSR count). The molecule has 4 nitrogen and oxygen atoms in total. The number of rotatable bonds is 8. The molecule has 0 atom stereocenters. The second-order valence-electron chi connectivity index (χ2n) is 4.68. The maximum absolute atomic E-state index is 12.2. The molecule has 1 N–H and O–H groups in total. The molecule has 0 amide bonds. The van der Waals surface area contributed by atoms with Crippen molar-refractivity contribution in [3.05, 3.63) is 29.8 Å². The van der Waals surface area contributed by atoms with Gasteiger partial charge >= 0.3 is 0 Å². The van der Waals surface area contributed by atoms with Gasteiger partial charge in [-0.15, -0.1) is 0 Å². The van der Waals surface area contributed by atoms with E-state index in [9.17, 15) is 8.42 Å². The molecule has 0 spiro atoms. The first kappa shape index (κ1) is 16.1. The fourth-order valence-electron chi connectivity index (χ4n) is 1.91. The van der Waals surface area contributed by atoms with Gasteiger partial charge in [0.2, 0.25) is 10.0 Å². The number of sulfonamides is 1. The molecule has 0 fully saturated rings. The Labute approximate surface area is 116 Å². The summed E-state index contributed by atoms with van der Waals surface area (Å²) in [6.45, 7) is 3.49. The number of aryl methyl sites for hydroxylation is 1. The van der Waals surface area contributed by atoms with Crippen LogP contribution in [0.4, 0.5) is 0 Å². The van der Waals surface area contributed by atoms with Crippen LogP contribution in [0.5, 0.6) is 0 Å². The van der Waals surface area contributed by atoms with Crippen molar-refractivity contribution >= 4 is 10.0 Å². The Morgan fingerprint density at radius 3 is 2.37 bits per heavy atom. The van der Waals surface area contributed by atoms with Crippen molar-refractivity contribution in [3.63, 3.8) is 0 Å². The molecule has 0 unspecified atom stereocenters. The quantitative estimate of drug-likeness (QED) is 0.741. The van der Waals surface area contributed by atoms with E-state index in [2.05, 4.69) is 5.32 Å². The van der Waals surface area contributed by atoms with Gasteiger partial charge in [0.05, 0.1) is 4.90 Å². The zero-order chi connectivity index (χ0) is 14.3. The molecule has 0 heterocycles. The summed E-state index contributed by atoms with van der Waals surface area (Å²) in [5.41, 5.74) is 1.17. The van der Waals surface area contributed by atoms with E-state index in [1.54, 1.807) is 19.2 Å². The summed E-state index contributed by atoms with van der Waals surface area (Å²) in [4.78, 5) is 0.376. The predicted octanol–water partition coefficient (Wildman–Crippen LogP) is 1.87. The van der Waals surface area contributed by atoms with E-state index in [0.717, 1.165) is 25.8 Å². The molecule has 0 saturated heterocycles. The second-order valence-corrected chi connectivity index (χ2v) is 6.72. The lowest BCUT2D eigenvalue weighted by molar-refractivity contribution is 0.468. The highest BCUT2D eigenvalue weighted by Gasteiger charge is 2.19. The van der Waals surface area contributed by atoms with E-state index in [4.69, 9.17) is 0 Å². The van der Waals surface area contributed by atoms with Gasteiger partial charge in [-0.1, -0.05) is 19.1 Å². The van der Waals surface area contributed by atoms with Crippen LogP contribution in [0, 0.1) is 0 Å². The van der Waals surface area contributed by atoms with E-state index < -0.39 is 10.0 Å². The minimum Gasteiger partial charge on any atom is -0.320 e. The highest BCUT2D eigenvalue weighted by molar-refractivity contribution is 7.89. The number of nitrogens with zero attached hydrogens (tertiary/aromatic N) is 1. The Balaban J connectivity index is 2.75. The van der Waals surface area contributed by atoms with Crippen molar-refractivity contribution in [3.8, 4) is 0 Å². The highest BCUT2D eigenvalue weighted by atomic mass is 32.2. The highest BCUT2D eigenvalue weighted by Crippen LogP contribution is 2.16. The molecule has 0 aliphatic heterocycles. The molecule has 0 aliphatic rings. The van der Waals surface area contributed by atoms with Crippen molar-refractivity contribution in [1.82, 2.24) is 9.62 Å². The summed E-state index contributed by atoms with van der Waals surface area (Å²) < 4.78 is 25.8. The topological polar surface area (TPSA) is 49.4 Å². The van der Waals surface area contributed by atoms with E-state index in [-0.39, 0.29) is 0 Å². The first-order valence-corrected chi connectivity index (χ1v) is 8.16. The standard InChI is InChI=1S/C14H24N2O2S/c1-4-12-16(3)19(17,18)14-9-7-13(8-10-14)6-5-11-15-2/h7-10,15H,4-6,11-12H2,1-3H3. The largest absolute Gasteiger partial charge is 0.320 e. The lowest BCUT2D eigenvalue weighted by Gasteiger charge is -2.16. The predicted molar refractivity (Wildman–Crippen MR) is 78.8 cm³/mol. The summed E-state index contributed by atoms with van der Waals surface area (Å²) >= 11 is 0. The lowest BCUT2D eigenvalue weighted by Crippen LogP contribution is -2.27. The molecule has 19 heavy (non-hydrogen) atoms. The Morgan fingerprint density at radius 2 is 1.84 bits per heavy atom. The van der Waals surface area contributed by atoms with Crippen molar-refractivity contribution in [2.45, 2.75) is 31.1 Å². The van der Waals surface area contributed by atoms with Crippen LogP contribution in [0.25, 0.3) is 0 Å². The van der Waals surface area contributed by atoms with Crippen LogP contribution in [0.1, 0.15) is 25.3 Å². The minimum atomic E-state index is -3.32. The zero-order valence-electron chi connectivity index (χ0n) is 12.0. The third kappa shape index (κ3) is 4.60. The molecule has 0 radical (unpaired) electrons. The minimum absolute atomic E-state index is 0.376. The first-order valence-electron chi connectivity index (χ1n) is 6.72. The monoisotopic (exact) mass is 284 g/mol. The van der Waals surface area contributed by atoms with E-state index in [0.29, 0.717) is 11.4 Å². The number of nitrogens with one attached hydrogen (secondary N) is 1. The molecule has 0 saturated carbocycles. The van der Waals surface area contributed by atoms with Gasteiger partial charge in [-0.2, -0.15) is 0 Å². The Bertz CT molecular complexity index is 469. The molecular weight excluding hydrogens is 260 g/mol. The van der Waals surface area contributed by atoms with Gasteiger partial charge in [0, 0.05) is 13.6 Å². The van der Waals surface area contributed by atoms with E-state index in [1.165, 1.54) is 9.87 Å². The number of hydrogen-bond acceptors (Lipinski definition) is 3. The summed E-state index contributed by atoms with van der Waals surface area (Å²) in [6, 6.07) is 7.22. The zero-order valence-corrected chi connectivity index (χ0v) is 12.8. The fourth-order valence-corrected chi connectivity index (χ4v) is 3.18. The SMILES string of the molecule is CCCN(C)S(=O)(=O)c1ccc(CCCNC)cc1. The van der Waals surface area contributed by atoms with Crippen LogP contribution in [0.3, 0.4) is 0 Å². The molecule has 0 aliphatic carbocycles. The lowest BCUT2D eigenvalue weighted by atomic mass is 10.1. The number of hydrogen-bond donors (Lipinski definition) is 1. The molecule has 1 aromatic rings. The number of benzene rings is 1. The van der Waals surface area contributed by atoms with Gasteiger partial charge in [0.1, 0.15) is 0 Å². The Kier molecular flexibility index (Phi) is 6.48. The first-order chi connectivity index (χ1) is 9.02. The molecule has 5 heteroatoms. The third-order valence-electron chi connectivity index (χ3n) is 3.06. The summed E-state index contributed by atoms with van der Waals surface area (Å²) in [7, 11) is 0.232. The van der Waals surface area contributed by atoms with Crippen LogP contribution in [-0.4, -0.2) is 39.9 Å². The van der Waals surface area contributed by atoms with Crippen LogP contribution in [-0.2, 0) is 16.4 Å². The second kappa shape index (κ2) is 7.62. The van der Waals surface area contributed by atoms with Gasteiger partial charge < -0.3 is 5.32 Å². The maximum atomic E-state index is 12.2. The smallest absolute Gasteiger partial charge is 0.242 e. The Hall–Kier alpha value is -0.910. The van der Waals surface area contributed by atoms with Gasteiger partial charge in [0.15, 0.2) is 0 Å². The average molecular weight is 284 g/mol. The van der Waals surface area contributed by atoms with E-state index >= 15 is 0 Å². The van der Waals surface area contributed by atoms with Gasteiger partial charge in [-0.3, -0.25) is 0 Å². The third-order valence-corrected chi connectivity index (χ3v) is 4.93. The molecule has 1 aromatic carbocycles. The summed E-state index contributed by atoms with van der Waals surface area (Å²) in [6.07, 6.45) is 2.84. The Morgan fingerprint density at radius 1 is 1.21 bits per heavy atom. The van der Waals surface area contributed by atoms with Crippen LogP contribution in [0.15, 0.2) is 29.2 Å². The molecule has 0 aromatic heterocycles. The summed E-state index contributed by atoms with van der Waals surface area (Å²) in [5.74, 6) is 0. The van der Waals surface area contributed by atoms with E-state index in [1.807, 2.05) is 26.1 Å². The van der Waals surface area contributed by atoms with Crippen molar-refractivity contribution in [2.75, 3.05) is 27.2 Å². The molecule has 0 bridgehead atoms. The van der Waals surface area contributed by atoms with Gasteiger partial charge in [-0.25, -0.2) is 12.7 Å². The van der Waals surface area contributed by atoms with Gasteiger partial charge in [0.25, 0.3) is 0 Å². The van der Waals surface area contributed by atoms with Crippen LogP contribution >= 0.6 is 0 Å². The average Bonchev–Trinajstić information content (AvgIpc) is 2.40. The normalized spacial score (nSPS) is 12.0. The van der Waals surface area contributed by atoms with Crippen LogP contribution < -0.4 is 5.32 Å². The molecule has 108 valence electrons.